The van der Waals surface area contributed by atoms with E-state index in [4.69, 9.17) is 5.26 Å². The molecule has 2 heterocycles. The average molecular weight is 296 g/mol. The molecule has 19 heavy (non-hydrogen) atoms. The molecular formula is C11H12N4O2S2. The van der Waals surface area contributed by atoms with E-state index in [-0.39, 0.29) is 10.3 Å². The van der Waals surface area contributed by atoms with Crippen molar-refractivity contribution in [2.24, 2.45) is 0 Å². The van der Waals surface area contributed by atoms with Crippen molar-refractivity contribution in [2.45, 2.75) is 23.7 Å². The van der Waals surface area contributed by atoms with Crippen LogP contribution >= 0.6 is 11.3 Å². The minimum absolute atomic E-state index is 0.154. The largest absolute Gasteiger partial charge is 0.336 e. The van der Waals surface area contributed by atoms with Crippen LogP contribution < -0.4 is 4.72 Å². The van der Waals surface area contributed by atoms with Gasteiger partial charge in [-0.15, -0.1) is 11.3 Å². The number of rotatable bonds is 5. The zero-order chi connectivity index (χ0) is 13.9. The maximum Gasteiger partial charge on any atom is 0.250 e. The lowest BCUT2D eigenvalue weighted by Gasteiger charge is -2.13. The summed E-state index contributed by atoms with van der Waals surface area (Å²) in [6.07, 6.45) is 5.03. The van der Waals surface area contributed by atoms with Gasteiger partial charge in [0.15, 0.2) is 0 Å². The summed E-state index contributed by atoms with van der Waals surface area (Å²) < 4.78 is 28.7. The van der Waals surface area contributed by atoms with Crippen molar-refractivity contribution in [1.29, 1.82) is 5.26 Å². The summed E-state index contributed by atoms with van der Waals surface area (Å²) in [4.78, 5) is 4.27. The number of hydrogen-bond acceptors (Lipinski definition) is 5. The summed E-state index contributed by atoms with van der Waals surface area (Å²) in [5, 5.41) is 8.70. The third-order valence-electron chi connectivity index (χ3n) is 2.36. The topological polar surface area (TPSA) is 87.8 Å². The molecule has 0 fully saturated rings. The molecule has 1 N–H and O–H groups in total. The van der Waals surface area contributed by atoms with Crippen LogP contribution in [-0.4, -0.2) is 24.0 Å². The Kier molecular flexibility index (Phi) is 3.99. The second kappa shape index (κ2) is 5.52. The van der Waals surface area contributed by atoms with Crippen molar-refractivity contribution in [2.75, 3.05) is 0 Å². The molecule has 100 valence electrons. The number of nitriles is 1. The van der Waals surface area contributed by atoms with Gasteiger partial charge in [0, 0.05) is 25.0 Å². The molecule has 0 radical (unpaired) electrons. The minimum atomic E-state index is -3.57. The Labute approximate surface area is 115 Å². The lowest BCUT2D eigenvalue weighted by atomic mass is 10.4. The predicted octanol–water partition coefficient (Wildman–Crippen LogP) is 1.18. The molecule has 0 bridgehead atoms. The number of thiophene rings is 1. The van der Waals surface area contributed by atoms with E-state index in [0.29, 0.717) is 11.4 Å². The van der Waals surface area contributed by atoms with E-state index in [0.717, 1.165) is 11.3 Å². The van der Waals surface area contributed by atoms with Crippen LogP contribution in [0.5, 0.6) is 0 Å². The molecule has 6 nitrogen and oxygen atoms in total. The predicted molar refractivity (Wildman–Crippen MR) is 71.0 cm³/mol. The van der Waals surface area contributed by atoms with Crippen LogP contribution in [-0.2, 0) is 16.6 Å². The van der Waals surface area contributed by atoms with Crippen LogP contribution in [0.3, 0.4) is 0 Å². The van der Waals surface area contributed by atoms with Crippen LogP contribution in [0.15, 0.2) is 35.1 Å². The number of nitrogens with zero attached hydrogens (tertiary/aromatic N) is 3. The number of aromatic nitrogens is 2. The highest BCUT2D eigenvalue weighted by Gasteiger charge is 2.19. The zero-order valence-electron chi connectivity index (χ0n) is 10.1. The fourth-order valence-corrected chi connectivity index (χ4v) is 3.95. The normalized spacial score (nSPS) is 13.1. The van der Waals surface area contributed by atoms with E-state index in [2.05, 4.69) is 9.71 Å². The Morgan fingerprint density at radius 2 is 2.37 bits per heavy atom. The Morgan fingerprint density at radius 1 is 1.58 bits per heavy atom. The standard InChI is InChI=1S/C11H12N4O2S2/c1-9(7-15-5-4-13-8-15)14-19(16,17)11-3-2-10(6-12)18-11/h2-5,8-9,14H,7H2,1H3. The molecule has 0 aromatic carbocycles. The lowest BCUT2D eigenvalue weighted by Crippen LogP contribution is -2.35. The molecule has 0 spiro atoms. The summed E-state index contributed by atoms with van der Waals surface area (Å²) in [5.41, 5.74) is 0. The molecule has 0 amide bonds. The van der Waals surface area contributed by atoms with Gasteiger partial charge in [-0.2, -0.15) is 5.26 Å². The van der Waals surface area contributed by atoms with Gasteiger partial charge in [-0.1, -0.05) is 0 Å². The van der Waals surface area contributed by atoms with Crippen molar-refractivity contribution in [3.63, 3.8) is 0 Å². The molecule has 1 unspecified atom stereocenters. The first-order valence-corrected chi connectivity index (χ1v) is 7.79. The average Bonchev–Trinajstić information content (AvgIpc) is 2.97. The summed E-state index contributed by atoms with van der Waals surface area (Å²) in [6.45, 7) is 2.27. The second-order valence-electron chi connectivity index (χ2n) is 4.01. The van der Waals surface area contributed by atoms with Gasteiger partial charge in [0.2, 0.25) is 10.0 Å². The van der Waals surface area contributed by atoms with Gasteiger partial charge in [0.1, 0.15) is 15.2 Å². The van der Waals surface area contributed by atoms with Gasteiger partial charge in [-0.25, -0.2) is 18.1 Å². The van der Waals surface area contributed by atoms with E-state index in [1.54, 1.807) is 30.2 Å². The van der Waals surface area contributed by atoms with E-state index in [1.807, 2.05) is 6.07 Å². The van der Waals surface area contributed by atoms with Crippen LogP contribution in [0.2, 0.25) is 0 Å². The highest BCUT2D eigenvalue weighted by molar-refractivity contribution is 7.91. The lowest BCUT2D eigenvalue weighted by molar-refractivity contribution is 0.521. The Bertz CT molecular complexity index is 683. The molecule has 2 aromatic heterocycles. The van der Waals surface area contributed by atoms with Gasteiger partial charge in [0.25, 0.3) is 0 Å². The fourth-order valence-electron chi connectivity index (χ4n) is 1.60. The molecule has 0 aliphatic heterocycles. The Morgan fingerprint density at radius 3 is 2.95 bits per heavy atom. The van der Waals surface area contributed by atoms with E-state index < -0.39 is 10.0 Å². The molecule has 2 rings (SSSR count). The number of imidazole rings is 1. The van der Waals surface area contributed by atoms with E-state index in [1.165, 1.54) is 12.1 Å². The molecule has 0 aliphatic carbocycles. The molecule has 8 heteroatoms. The number of hydrogen-bond donors (Lipinski definition) is 1. The van der Waals surface area contributed by atoms with Gasteiger partial charge < -0.3 is 4.57 Å². The van der Waals surface area contributed by atoms with Gasteiger partial charge in [-0.05, 0) is 19.1 Å². The summed E-state index contributed by atoms with van der Waals surface area (Å²) in [5.74, 6) is 0. The first kappa shape index (κ1) is 13.7. The van der Waals surface area contributed by atoms with Gasteiger partial charge in [-0.3, -0.25) is 0 Å². The highest BCUT2D eigenvalue weighted by Crippen LogP contribution is 2.20. The van der Waals surface area contributed by atoms with Crippen molar-refractivity contribution in [1.82, 2.24) is 14.3 Å². The Balaban J connectivity index is 2.07. The van der Waals surface area contributed by atoms with Crippen LogP contribution in [0, 0.1) is 11.3 Å². The summed E-state index contributed by atoms with van der Waals surface area (Å²) in [6, 6.07) is 4.59. The SMILES string of the molecule is CC(Cn1ccnc1)NS(=O)(=O)c1ccc(C#N)s1. The Hall–Kier alpha value is -1.69. The minimum Gasteiger partial charge on any atom is -0.336 e. The van der Waals surface area contributed by atoms with Crippen molar-refractivity contribution < 1.29 is 8.42 Å². The highest BCUT2D eigenvalue weighted by atomic mass is 32.2. The van der Waals surface area contributed by atoms with Crippen molar-refractivity contribution >= 4 is 21.4 Å². The first-order chi connectivity index (χ1) is 9.01. The number of nitrogens with one attached hydrogen (secondary N) is 1. The first-order valence-electron chi connectivity index (χ1n) is 5.49. The van der Waals surface area contributed by atoms with E-state index >= 15 is 0 Å². The zero-order valence-corrected chi connectivity index (χ0v) is 11.8. The molecule has 0 saturated heterocycles. The van der Waals surface area contributed by atoms with E-state index in [9.17, 15) is 8.42 Å². The molecular weight excluding hydrogens is 284 g/mol. The monoisotopic (exact) mass is 296 g/mol. The third kappa shape index (κ3) is 3.41. The third-order valence-corrected chi connectivity index (χ3v) is 5.43. The fraction of sp³-hybridized carbons (Fsp3) is 0.273. The quantitative estimate of drug-likeness (QED) is 0.897. The van der Waals surface area contributed by atoms with Gasteiger partial charge in [0.05, 0.1) is 6.33 Å². The van der Waals surface area contributed by atoms with Crippen LogP contribution in [0.25, 0.3) is 0 Å². The summed E-state index contributed by atoms with van der Waals surface area (Å²) in [7, 11) is -3.57. The second-order valence-corrected chi connectivity index (χ2v) is 7.04. The maximum absolute atomic E-state index is 12.1. The maximum atomic E-state index is 12.1. The molecule has 0 aliphatic rings. The number of sulfonamides is 1. The van der Waals surface area contributed by atoms with Crippen molar-refractivity contribution in [3.8, 4) is 6.07 Å². The molecule has 1 atom stereocenters. The molecule has 0 saturated carbocycles. The summed E-state index contributed by atoms with van der Waals surface area (Å²) >= 11 is 0.959. The molecule has 2 aromatic rings. The smallest absolute Gasteiger partial charge is 0.250 e. The van der Waals surface area contributed by atoms with Crippen LogP contribution in [0.1, 0.15) is 11.8 Å². The van der Waals surface area contributed by atoms with Gasteiger partial charge >= 0.3 is 0 Å². The van der Waals surface area contributed by atoms with Crippen LogP contribution in [0.4, 0.5) is 0 Å². The van der Waals surface area contributed by atoms with Crippen molar-refractivity contribution in [3.05, 3.63) is 35.7 Å².